The third-order valence-corrected chi connectivity index (χ3v) is 4.19. The molecule has 0 spiro atoms. The first-order valence-electron chi connectivity index (χ1n) is 4.62. The summed E-state index contributed by atoms with van der Waals surface area (Å²) in [6, 6.07) is 0. The van der Waals surface area contributed by atoms with Crippen LogP contribution in [0.4, 0.5) is 0 Å². The summed E-state index contributed by atoms with van der Waals surface area (Å²) in [5.41, 5.74) is 0. The monoisotopic (exact) mass is 266 g/mol. The molecular weight excluding hydrogens is 252 g/mol. The summed E-state index contributed by atoms with van der Waals surface area (Å²) in [7, 11) is 0. The van der Waals surface area contributed by atoms with Gasteiger partial charge < -0.3 is 4.74 Å². The molecule has 1 aliphatic heterocycles. The Hall–Kier alpha value is 0.300. The maximum atomic E-state index is 11.4. The average molecular weight is 267 g/mol. The Balaban J connectivity index is 2.16. The van der Waals surface area contributed by atoms with Crippen molar-refractivity contribution in [3.05, 3.63) is 0 Å². The first-order chi connectivity index (χ1) is 6.24. The van der Waals surface area contributed by atoms with E-state index in [2.05, 4.69) is 22.9 Å². The van der Waals surface area contributed by atoms with Crippen molar-refractivity contribution in [1.82, 2.24) is 0 Å². The Bertz CT molecular complexity index is 169. The van der Waals surface area contributed by atoms with Crippen molar-refractivity contribution in [3.63, 3.8) is 0 Å². The number of carbonyl (C=O) groups excluding carboxylic acids is 1. The molecule has 1 fully saturated rings. The second kappa shape index (κ2) is 5.91. The lowest BCUT2D eigenvalue weighted by molar-refractivity contribution is -0.147. The number of ether oxygens (including phenoxy) is 1. The van der Waals surface area contributed by atoms with Crippen LogP contribution in [0.3, 0.4) is 0 Å². The normalized spacial score (nSPS) is 24.3. The van der Waals surface area contributed by atoms with Gasteiger partial charge in [0.05, 0.1) is 5.92 Å². The van der Waals surface area contributed by atoms with Crippen LogP contribution in [0.15, 0.2) is 0 Å². The van der Waals surface area contributed by atoms with E-state index in [9.17, 15) is 4.79 Å². The third kappa shape index (κ3) is 3.90. The van der Waals surface area contributed by atoms with Crippen LogP contribution in [-0.2, 0) is 9.53 Å². The van der Waals surface area contributed by atoms with Gasteiger partial charge in [-0.15, -0.1) is 0 Å². The Morgan fingerprint density at radius 2 is 2.54 bits per heavy atom. The van der Waals surface area contributed by atoms with Crippen LogP contribution in [0.1, 0.15) is 19.8 Å². The number of thioether (sulfide) groups is 1. The highest BCUT2D eigenvalue weighted by Crippen LogP contribution is 2.24. The minimum absolute atomic E-state index is 0.0112. The maximum absolute atomic E-state index is 11.4. The second-order valence-corrected chi connectivity index (χ2v) is 5.64. The SMILES string of the molecule is CCC(Br)COC(=O)C1CCSC1. The van der Waals surface area contributed by atoms with Crippen molar-refractivity contribution in [2.24, 2.45) is 5.92 Å². The fourth-order valence-corrected chi connectivity index (χ4v) is 2.47. The molecular formula is C9H15BrO2S. The van der Waals surface area contributed by atoms with Gasteiger partial charge in [-0.2, -0.15) is 11.8 Å². The highest BCUT2D eigenvalue weighted by molar-refractivity contribution is 9.09. The molecule has 0 N–H and O–H groups in total. The summed E-state index contributed by atoms with van der Waals surface area (Å²) in [6.45, 7) is 2.58. The van der Waals surface area contributed by atoms with Crippen molar-refractivity contribution < 1.29 is 9.53 Å². The van der Waals surface area contributed by atoms with Gasteiger partial charge in [0.25, 0.3) is 0 Å². The molecule has 0 amide bonds. The van der Waals surface area contributed by atoms with Gasteiger partial charge in [-0.25, -0.2) is 0 Å². The molecule has 1 saturated heterocycles. The summed E-state index contributed by atoms with van der Waals surface area (Å²) in [5.74, 6) is 2.19. The van der Waals surface area contributed by atoms with Gasteiger partial charge in [0.1, 0.15) is 6.61 Å². The van der Waals surface area contributed by atoms with Crippen LogP contribution in [-0.4, -0.2) is 28.9 Å². The molecule has 1 heterocycles. The fraction of sp³-hybridized carbons (Fsp3) is 0.889. The highest BCUT2D eigenvalue weighted by atomic mass is 79.9. The van der Waals surface area contributed by atoms with E-state index >= 15 is 0 Å². The topological polar surface area (TPSA) is 26.3 Å². The molecule has 1 rings (SSSR count). The van der Waals surface area contributed by atoms with E-state index in [0.29, 0.717) is 11.4 Å². The average Bonchev–Trinajstić information content (AvgIpc) is 2.66. The zero-order valence-corrected chi connectivity index (χ0v) is 10.2. The predicted octanol–water partition coefficient (Wildman–Crippen LogP) is 2.46. The predicted molar refractivity (Wildman–Crippen MR) is 59.4 cm³/mol. The van der Waals surface area contributed by atoms with Gasteiger partial charge in [-0.3, -0.25) is 4.79 Å². The number of alkyl halides is 1. The third-order valence-electron chi connectivity index (χ3n) is 2.11. The molecule has 4 heteroatoms. The largest absolute Gasteiger partial charge is 0.464 e. The Labute approximate surface area is 91.9 Å². The molecule has 2 atom stereocenters. The van der Waals surface area contributed by atoms with Crippen LogP contribution in [0.5, 0.6) is 0 Å². The van der Waals surface area contributed by atoms with Gasteiger partial charge in [-0.05, 0) is 18.6 Å². The number of hydrogen-bond donors (Lipinski definition) is 0. The molecule has 0 aliphatic carbocycles. The Morgan fingerprint density at radius 3 is 3.08 bits per heavy atom. The van der Waals surface area contributed by atoms with Crippen molar-refractivity contribution in [2.75, 3.05) is 18.1 Å². The number of hydrogen-bond acceptors (Lipinski definition) is 3. The van der Waals surface area contributed by atoms with Crippen LogP contribution in [0.25, 0.3) is 0 Å². The van der Waals surface area contributed by atoms with Gasteiger partial charge >= 0.3 is 5.97 Å². The molecule has 2 unspecified atom stereocenters. The molecule has 76 valence electrons. The number of halogens is 1. The van der Waals surface area contributed by atoms with E-state index in [1.165, 1.54) is 0 Å². The lowest BCUT2D eigenvalue weighted by Crippen LogP contribution is -2.20. The standard InChI is InChI=1S/C9H15BrO2S/c1-2-8(10)5-12-9(11)7-3-4-13-6-7/h7-8H,2-6H2,1H3. The molecule has 0 saturated carbocycles. The Kier molecular flexibility index (Phi) is 5.17. The number of carbonyl (C=O) groups is 1. The van der Waals surface area contributed by atoms with E-state index in [4.69, 9.17) is 4.74 Å². The molecule has 0 radical (unpaired) electrons. The van der Waals surface area contributed by atoms with Gasteiger partial charge in [0.15, 0.2) is 0 Å². The van der Waals surface area contributed by atoms with Gasteiger partial charge in [0, 0.05) is 10.6 Å². The summed E-state index contributed by atoms with van der Waals surface area (Å²) in [5, 5.41) is 0. The molecule has 0 aromatic heterocycles. The van der Waals surface area contributed by atoms with Crippen LogP contribution < -0.4 is 0 Å². The van der Waals surface area contributed by atoms with E-state index in [0.717, 1.165) is 24.3 Å². The van der Waals surface area contributed by atoms with E-state index in [1.54, 1.807) is 0 Å². The Morgan fingerprint density at radius 1 is 1.77 bits per heavy atom. The smallest absolute Gasteiger partial charge is 0.309 e. The zero-order chi connectivity index (χ0) is 9.68. The van der Waals surface area contributed by atoms with Gasteiger partial charge in [0.2, 0.25) is 0 Å². The first kappa shape index (κ1) is 11.4. The van der Waals surface area contributed by atoms with Crippen LogP contribution >= 0.6 is 27.7 Å². The molecule has 0 aromatic carbocycles. The van der Waals surface area contributed by atoms with Crippen molar-refractivity contribution in [3.8, 4) is 0 Å². The second-order valence-electron chi connectivity index (χ2n) is 3.20. The maximum Gasteiger partial charge on any atom is 0.309 e. The number of rotatable bonds is 4. The van der Waals surface area contributed by atoms with E-state index in [-0.39, 0.29) is 11.9 Å². The van der Waals surface area contributed by atoms with Gasteiger partial charge in [-0.1, -0.05) is 22.9 Å². The van der Waals surface area contributed by atoms with Crippen molar-refractivity contribution in [2.45, 2.75) is 24.6 Å². The van der Waals surface area contributed by atoms with E-state index < -0.39 is 0 Å². The van der Waals surface area contributed by atoms with Crippen molar-refractivity contribution in [1.29, 1.82) is 0 Å². The molecule has 1 aliphatic rings. The molecule has 2 nitrogen and oxygen atoms in total. The minimum atomic E-state index is -0.0112. The van der Waals surface area contributed by atoms with Crippen molar-refractivity contribution >= 4 is 33.7 Å². The van der Waals surface area contributed by atoms with Crippen LogP contribution in [0.2, 0.25) is 0 Å². The quantitative estimate of drug-likeness (QED) is 0.578. The fourth-order valence-electron chi connectivity index (χ4n) is 1.13. The zero-order valence-electron chi connectivity index (χ0n) is 7.79. The molecule has 13 heavy (non-hydrogen) atoms. The van der Waals surface area contributed by atoms with E-state index in [1.807, 2.05) is 11.8 Å². The summed E-state index contributed by atoms with van der Waals surface area (Å²) in [4.78, 5) is 11.7. The first-order valence-corrected chi connectivity index (χ1v) is 6.69. The molecule has 0 bridgehead atoms. The number of esters is 1. The summed E-state index contributed by atoms with van der Waals surface area (Å²) < 4.78 is 5.18. The minimum Gasteiger partial charge on any atom is -0.464 e. The highest BCUT2D eigenvalue weighted by Gasteiger charge is 2.24. The molecule has 0 aromatic rings. The summed E-state index contributed by atoms with van der Waals surface area (Å²) >= 11 is 5.27. The lowest BCUT2D eigenvalue weighted by atomic mass is 10.1. The summed E-state index contributed by atoms with van der Waals surface area (Å²) in [6.07, 6.45) is 1.98. The van der Waals surface area contributed by atoms with Crippen LogP contribution in [0, 0.1) is 5.92 Å². The lowest BCUT2D eigenvalue weighted by Gasteiger charge is -2.11.